The largest absolute Gasteiger partial charge is 0.424 e. The molecule has 0 atom stereocenters. The summed E-state index contributed by atoms with van der Waals surface area (Å²) in [6, 6.07) is 0. The van der Waals surface area contributed by atoms with Gasteiger partial charge in [0.2, 0.25) is 0 Å². The highest BCUT2D eigenvalue weighted by molar-refractivity contribution is 7.18. The van der Waals surface area contributed by atoms with E-state index in [1.807, 2.05) is 0 Å². The zero-order chi connectivity index (χ0) is 8.77. The third-order valence-corrected chi connectivity index (χ3v) is 2.93. The molecule has 0 amide bonds. The van der Waals surface area contributed by atoms with Crippen LogP contribution in [0.25, 0.3) is 10.5 Å². The van der Waals surface area contributed by atoms with Crippen LogP contribution < -0.4 is 0 Å². The van der Waals surface area contributed by atoms with Gasteiger partial charge in [-0.2, -0.15) is 0 Å². The highest BCUT2D eigenvalue weighted by Crippen LogP contribution is 2.29. The van der Waals surface area contributed by atoms with Crippen molar-refractivity contribution < 1.29 is 4.42 Å². The van der Waals surface area contributed by atoms with Crippen molar-refractivity contribution in [1.29, 1.82) is 0 Å². The second kappa shape index (κ2) is 2.29. The fourth-order valence-corrected chi connectivity index (χ4v) is 1.80. The first-order valence-corrected chi connectivity index (χ1v) is 4.59. The Balaban J connectivity index is 2.59. The summed E-state index contributed by atoms with van der Waals surface area (Å²) >= 11 is 1.59. The third kappa shape index (κ3) is 1.12. The molecule has 0 aromatic carbocycles. The number of thiazole rings is 1. The summed E-state index contributed by atoms with van der Waals surface area (Å²) in [5.74, 6) is 0. The lowest BCUT2D eigenvalue weighted by molar-refractivity contribution is 0.563. The monoisotopic (exact) mass is 182 g/mol. The van der Waals surface area contributed by atoms with E-state index >= 15 is 0 Å². The molecule has 0 aliphatic carbocycles. The molecule has 2 aromatic rings. The minimum absolute atomic E-state index is 0.0912. The van der Waals surface area contributed by atoms with Crippen molar-refractivity contribution in [2.75, 3.05) is 0 Å². The van der Waals surface area contributed by atoms with Gasteiger partial charge in [-0.05, 0) is 0 Å². The molecule has 0 unspecified atom stereocenters. The van der Waals surface area contributed by atoms with Gasteiger partial charge in [-0.15, -0.1) is 0 Å². The molecular formula is C8H10N2OS. The van der Waals surface area contributed by atoms with Gasteiger partial charge in [0, 0.05) is 5.41 Å². The van der Waals surface area contributed by atoms with Gasteiger partial charge in [0.05, 0.1) is 0 Å². The van der Waals surface area contributed by atoms with Gasteiger partial charge in [-0.3, -0.25) is 0 Å². The average molecular weight is 182 g/mol. The van der Waals surface area contributed by atoms with Crippen LogP contribution in [0.1, 0.15) is 25.8 Å². The van der Waals surface area contributed by atoms with Crippen molar-refractivity contribution in [2.24, 2.45) is 0 Å². The van der Waals surface area contributed by atoms with Crippen LogP contribution >= 0.6 is 11.3 Å². The molecule has 12 heavy (non-hydrogen) atoms. The van der Waals surface area contributed by atoms with Crippen LogP contribution in [0.15, 0.2) is 10.8 Å². The van der Waals surface area contributed by atoms with Crippen LogP contribution in [-0.4, -0.2) is 9.97 Å². The van der Waals surface area contributed by atoms with Crippen LogP contribution in [0.5, 0.6) is 0 Å². The lowest BCUT2D eigenvalue weighted by atomic mass is 9.98. The molecular weight excluding hydrogens is 172 g/mol. The summed E-state index contributed by atoms with van der Waals surface area (Å²) in [6.07, 6.45) is 1.43. The van der Waals surface area contributed by atoms with Crippen molar-refractivity contribution in [1.82, 2.24) is 9.97 Å². The predicted octanol–water partition coefficient (Wildman–Crippen LogP) is 2.58. The third-order valence-electron chi connectivity index (χ3n) is 1.56. The molecule has 0 spiro atoms. The Hall–Kier alpha value is -0.900. The summed E-state index contributed by atoms with van der Waals surface area (Å²) < 4.78 is 5.08. The van der Waals surface area contributed by atoms with E-state index in [9.17, 15) is 0 Å². The topological polar surface area (TPSA) is 38.9 Å². The first-order valence-electron chi connectivity index (χ1n) is 3.78. The average Bonchev–Trinajstić information content (AvgIpc) is 2.37. The van der Waals surface area contributed by atoms with Crippen molar-refractivity contribution >= 4 is 21.9 Å². The van der Waals surface area contributed by atoms with Crippen LogP contribution in [0.4, 0.5) is 0 Å². The minimum atomic E-state index is 0.0912. The summed E-state index contributed by atoms with van der Waals surface area (Å²) in [7, 11) is 0. The lowest BCUT2D eigenvalue weighted by Crippen LogP contribution is -2.09. The normalized spacial score (nSPS) is 12.6. The SMILES string of the molecule is CC(C)(C)c1nc2ocnc2s1. The Morgan fingerprint density at radius 3 is 2.75 bits per heavy atom. The Bertz CT molecular complexity index is 368. The van der Waals surface area contributed by atoms with Gasteiger partial charge in [-0.25, -0.2) is 9.97 Å². The predicted molar refractivity (Wildman–Crippen MR) is 48.4 cm³/mol. The number of hydrogen-bond donors (Lipinski definition) is 0. The van der Waals surface area contributed by atoms with Gasteiger partial charge in [0.1, 0.15) is 5.01 Å². The van der Waals surface area contributed by atoms with Gasteiger partial charge in [0.15, 0.2) is 11.2 Å². The van der Waals surface area contributed by atoms with Crippen LogP contribution in [-0.2, 0) is 5.41 Å². The van der Waals surface area contributed by atoms with Crippen LogP contribution in [0, 0.1) is 0 Å². The number of fused-ring (bicyclic) bond motifs is 1. The molecule has 0 radical (unpaired) electrons. The Morgan fingerprint density at radius 2 is 2.17 bits per heavy atom. The first-order chi connectivity index (χ1) is 5.57. The minimum Gasteiger partial charge on any atom is -0.424 e. The maximum Gasteiger partial charge on any atom is 0.258 e. The van der Waals surface area contributed by atoms with E-state index in [0.717, 1.165) is 9.84 Å². The fraction of sp³-hybridized carbons (Fsp3) is 0.500. The van der Waals surface area contributed by atoms with Crippen molar-refractivity contribution in [3.8, 4) is 0 Å². The smallest absolute Gasteiger partial charge is 0.258 e. The first kappa shape index (κ1) is 7.73. The second-order valence-electron chi connectivity index (χ2n) is 3.73. The van der Waals surface area contributed by atoms with Crippen molar-refractivity contribution in [2.45, 2.75) is 26.2 Å². The Morgan fingerprint density at radius 1 is 1.42 bits per heavy atom. The Kier molecular flexibility index (Phi) is 1.48. The molecule has 4 heteroatoms. The van der Waals surface area contributed by atoms with Gasteiger partial charge >= 0.3 is 0 Å². The van der Waals surface area contributed by atoms with E-state index in [1.165, 1.54) is 6.39 Å². The molecule has 2 aromatic heterocycles. The van der Waals surface area contributed by atoms with E-state index in [1.54, 1.807) is 11.3 Å². The summed E-state index contributed by atoms with van der Waals surface area (Å²) in [4.78, 5) is 9.26. The highest BCUT2D eigenvalue weighted by atomic mass is 32.1. The molecule has 0 fully saturated rings. The standard InChI is InChI=1S/C8H10N2OS/c1-8(2,3)7-10-5-6(12-7)9-4-11-5/h4H,1-3H3. The highest BCUT2D eigenvalue weighted by Gasteiger charge is 2.20. The number of nitrogens with zero attached hydrogens (tertiary/aromatic N) is 2. The molecule has 2 rings (SSSR count). The number of oxazole rings is 1. The number of aromatic nitrogens is 2. The van der Waals surface area contributed by atoms with E-state index in [0.29, 0.717) is 5.71 Å². The maximum absolute atomic E-state index is 5.08. The van der Waals surface area contributed by atoms with Crippen molar-refractivity contribution in [3.63, 3.8) is 0 Å². The number of hydrogen-bond acceptors (Lipinski definition) is 4. The summed E-state index contributed by atoms with van der Waals surface area (Å²) in [5.41, 5.74) is 0.748. The maximum atomic E-state index is 5.08. The molecule has 0 N–H and O–H groups in total. The molecule has 64 valence electrons. The zero-order valence-electron chi connectivity index (χ0n) is 7.29. The zero-order valence-corrected chi connectivity index (χ0v) is 8.10. The van der Waals surface area contributed by atoms with Gasteiger partial charge in [-0.1, -0.05) is 32.1 Å². The van der Waals surface area contributed by atoms with E-state index < -0.39 is 0 Å². The molecule has 0 saturated carbocycles. The molecule has 0 saturated heterocycles. The molecule has 3 nitrogen and oxygen atoms in total. The van der Waals surface area contributed by atoms with E-state index in [2.05, 4.69) is 30.7 Å². The molecule has 2 heterocycles. The van der Waals surface area contributed by atoms with E-state index in [4.69, 9.17) is 4.42 Å². The van der Waals surface area contributed by atoms with Crippen LogP contribution in [0.2, 0.25) is 0 Å². The Labute approximate surface area is 74.4 Å². The lowest BCUT2D eigenvalue weighted by Gasteiger charge is -2.12. The van der Waals surface area contributed by atoms with E-state index in [-0.39, 0.29) is 5.41 Å². The molecule has 0 aliphatic rings. The van der Waals surface area contributed by atoms with Gasteiger partial charge < -0.3 is 4.42 Å². The summed E-state index contributed by atoms with van der Waals surface area (Å²) in [6.45, 7) is 6.39. The fourth-order valence-electron chi connectivity index (χ4n) is 0.901. The summed E-state index contributed by atoms with van der Waals surface area (Å²) in [5, 5.41) is 1.07. The molecule has 0 bridgehead atoms. The van der Waals surface area contributed by atoms with Crippen LogP contribution in [0.3, 0.4) is 0 Å². The quantitative estimate of drug-likeness (QED) is 0.628. The second-order valence-corrected chi connectivity index (χ2v) is 4.71. The number of rotatable bonds is 0. The van der Waals surface area contributed by atoms with Gasteiger partial charge in [0.25, 0.3) is 5.71 Å². The van der Waals surface area contributed by atoms with Crippen molar-refractivity contribution in [3.05, 3.63) is 11.4 Å². The molecule has 0 aliphatic heterocycles.